The minimum absolute atomic E-state index is 0.0517. The summed E-state index contributed by atoms with van der Waals surface area (Å²) in [4.78, 5) is 11.6. The molecular formula is C18H26O3. The lowest BCUT2D eigenvalue weighted by atomic mass is 9.78. The van der Waals surface area contributed by atoms with E-state index >= 15 is 0 Å². The van der Waals surface area contributed by atoms with Gasteiger partial charge in [0, 0.05) is 5.56 Å². The van der Waals surface area contributed by atoms with Crippen molar-refractivity contribution in [3.8, 4) is 5.75 Å². The molecule has 1 aliphatic heterocycles. The minimum Gasteiger partial charge on any atom is -0.493 e. The molecule has 1 N–H and O–H groups in total. The lowest BCUT2D eigenvalue weighted by Crippen LogP contribution is -2.27. The number of carboxylic acid groups (broad SMARTS) is 1. The summed E-state index contributed by atoms with van der Waals surface area (Å²) in [5.74, 6) is -0.215. The molecule has 1 aromatic carbocycles. The molecule has 0 bridgehead atoms. The zero-order chi connectivity index (χ0) is 15.5. The first-order valence-electron chi connectivity index (χ1n) is 7.95. The van der Waals surface area contributed by atoms with E-state index in [4.69, 9.17) is 4.74 Å². The Morgan fingerprint density at radius 2 is 2.14 bits per heavy atom. The Morgan fingerprint density at radius 3 is 2.81 bits per heavy atom. The van der Waals surface area contributed by atoms with Crippen molar-refractivity contribution in [2.75, 3.05) is 6.61 Å². The van der Waals surface area contributed by atoms with Crippen LogP contribution in [0.25, 0.3) is 0 Å². The van der Waals surface area contributed by atoms with Crippen molar-refractivity contribution in [1.82, 2.24) is 0 Å². The number of unbranched alkanes of at least 4 members (excludes halogenated alkanes) is 2. The first kappa shape index (κ1) is 15.9. The normalized spacial score (nSPS) is 17.7. The molecule has 0 spiro atoms. The Morgan fingerprint density at radius 1 is 1.38 bits per heavy atom. The Bertz CT molecular complexity index is 505. The topological polar surface area (TPSA) is 46.5 Å². The van der Waals surface area contributed by atoms with Gasteiger partial charge in [-0.3, -0.25) is 4.79 Å². The number of benzene rings is 1. The van der Waals surface area contributed by atoms with E-state index in [1.165, 1.54) is 0 Å². The molecule has 3 nitrogen and oxygen atoms in total. The van der Waals surface area contributed by atoms with Crippen LogP contribution in [-0.2, 0) is 10.2 Å². The lowest BCUT2D eigenvalue weighted by molar-refractivity contribution is -0.139. The third-order valence-corrected chi connectivity index (χ3v) is 4.51. The van der Waals surface area contributed by atoms with E-state index in [-0.39, 0.29) is 5.41 Å². The van der Waals surface area contributed by atoms with Crippen LogP contribution >= 0.6 is 0 Å². The van der Waals surface area contributed by atoms with Gasteiger partial charge in [0.2, 0.25) is 0 Å². The summed E-state index contributed by atoms with van der Waals surface area (Å²) in [6.07, 6.45) is 4.84. The minimum atomic E-state index is -0.722. The van der Waals surface area contributed by atoms with Gasteiger partial charge < -0.3 is 9.84 Å². The predicted molar refractivity (Wildman–Crippen MR) is 84.1 cm³/mol. The maximum absolute atomic E-state index is 11.6. The number of rotatable bonds is 6. The molecule has 21 heavy (non-hydrogen) atoms. The van der Waals surface area contributed by atoms with Crippen LogP contribution in [0.2, 0.25) is 0 Å². The summed E-state index contributed by atoms with van der Waals surface area (Å²) < 4.78 is 5.71. The van der Waals surface area contributed by atoms with E-state index in [1.807, 2.05) is 12.1 Å². The van der Waals surface area contributed by atoms with Gasteiger partial charge in [-0.25, -0.2) is 0 Å². The molecule has 0 saturated heterocycles. The van der Waals surface area contributed by atoms with Crippen LogP contribution < -0.4 is 4.74 Å². The Kier molecular flexibility index (Phi) is 4.92. The zero-order valence-electron chi connectivity index (χ0n) is 13.3. The number of hydrogen-bond acceptors (Lipinski definition) is 2. The Hall–Kier alpha value is -1.51. The first-order chi connectivity index (χ1) is 9.95. The van der Waals surface area contributed by atoms with Crippen molar-refractivity contribution in [3.63, 3.8) is 0 Å². The van der Waals surface area contributed by atoms with E-state index in [2.05, 4.69) is 26.8 Å². The van der Waals surface area contributed by atoms with Crippen molar-refractivity contribution in [1.29, 1.82) is 0 Å². The summed E-state index contributed by atoms with van der Waals surface area (Å²) in [7, 11) is 0. The van der Waals surface area contributed by atoms with Crippen LogP contribution in [0.3, 0.4) is 0 Å². The molecule has 0 saturated carbocycles. The van der Waals surface area contributed by atoms with Crippen molar-refractivity contribution >= 4 is 5.97 Å². The molecule has 2 rings (SSSR count). The van der Waals surface area contributed by atoms with Crippen LogP contribution in [0.1, 0.15) is 69.9 Å². The summed E-state index contributed by atoms with van der Waals surface area (Å²) in [6, 6.07) is 5.92. The van der Waals surface area contributed by atoms with Gasteiger partial charge in [-0.2, -0.15) is 0 Å². The van der Waals surface area contributed by atoms with Crippen molar-refractivity contribution < 1.29 is 14.6 Å². The van der Waals surface area contributed by atoms with Crippen LogP contribution in [-0.4, -0.2) is 17.7 Å². The van der Waals surface area contributed by atoms with E-state index in [0.717, 1.165) is 49.2 Å². The van der Waals surface area contributed by atoms with Gasteiger partial charge in [0.15, 0.2) is 0 Å². The fourth-order valence-corrected chi connectivity index (χ4v) is 3.00. The van der Waals surface area contributed by atoms with Gasteiger partial charge in [0.1, 0.15) is 5.75 Å². The average Bonchev–Trinajstić information content (AvgIpc) is 2.43. The maximum atomic E-state index is 11.6. The molecular weight excluding hydrogens is 264 g/mol. The maximum Gasteiger partial charge on any atom is 0.310 e. The Balaban J connectivity index is 2.28. The second kappa shape index (κ2) is 6.50. The van der Waals surface area contributed by atoms with E-state index in [1.54, 1.807) is 0 Å². The highest BCUT2D eigenvalue weighted by Gasteiger charge is 2.30. The predicted octanol–water partition coefficient (Wildman–Crippen LogP) is 4.50. The van der Waals surface area contributed by atoms with Gasteiger partial charge in [-0.1, -0.05) is 52.2 Å². The molecule has 116 valence electrons. The molecule has 3 heteroatoms. The second-order valence-electron chi connectivity index (χ2n) is 6.62. The first-order valence-corrected chi connectivity index (χ1v) is 7.95. The van der Waals surface area contributed by atoms with Crippen molar-refractivity contribution in [2.24, 2.45) is 0 Å². The fourth-order valence-electron chi connectivity index (χ4n) is 3.00. The SMILES string of the molecule is CCCCCC(C(=O)O)c1ccc2c(c1)C(C)(C)CCO2. The van der Waals surface area contributed by atoms with E-state index in [0.29, 0.717) is 6.42 Å². The van der Waals surface area contributed by atoms with Gasteiger partial charge in [-0.15, -0.1) is 0 Å². The van der Waals surface area contributed by atoms with E-state index < -0.39 is 11.9 Å². The molecule has 1 unspecified atom stereocenters. The second-order valence-corrected chi connectivity index (χ2v) is 6.62. The summed E-state index contributed by atoms with van der Waals surface area (Å²) in [6.45, 7) is 7.27. The summed E-state index contributed by atoms with van der Waals surface area (Å²) in [5, 5.41) is 9.53. The Labute approximate surface area is 127 Å². The lowest BCUT2D eigenvalue weighted by Gasteiger charge is -2.33. The number of aliphatic carboxylic acids is 1. The van der Waals surface area contributed by atoms with Gasteiger partial charge in [0.25, 0.3) is 0 Å². The van der Waals surface area contributed by atoms with Crippen LogP contribution in [0.4, 0.5) is 0 Å². The molecule has 0 amide bonds. The number of hydrogen-bond donors (Lipinski definition) is 1. The highest BCUT2D eigenvalue weighted by Crippen LogP contribution is 2.40. The summed E-state index contributed by atoms with van der Waals surface area (Å²) >= 11 is 0. The van der Waals surface area contributed by atoms with E-state index in [9.17, 15) is 9.90 Å². The monoisotopic (exact) mass is 290 g/mol. The zero-order valence-corrected chi connectivity index (χ0v) is 13.3. The van der Waals surface area contributed by atoms with Crippen LogP contribution in [0, 0.1) is 0 Å². The number of fused-ring (bicyclic) bond motifs is 1. The molecule has 1 aliphatic rings. The third kappa shape index (κ3) is 3.58. The smallest absolute Gasteiger partial charge is 0.310 e. The number of ether oxygens (including phenoxy) is 1. The standard InChI is InChI=1S/C18H26O3/c1-4-5-6-7-14(17(19)20)13-8-9-16-15(12-13)18(2,3)10-11-21-16/h8-9,12,14H,4-7,10-11H2,1-3H3,(H,19,20). The van der Waals surface area contributed by atoms with Crippen molar-refractivity contribution in [3.05, 3.63) is 29.3 Å². The molecule has 1 atom stereocenters. The fraction of sp³-hybridized carbons (Fsp3) is 0.611. The largest absolute Gasteiger partial charge is 0.493 e. The highest BCUT2D eigenvalue weighted by atomic mass is 16.5. The quantitative estimate of drug-likeness (QED) is 0.785. The molecule has 0 aromatic heterocycles. The highest BCUT2D eigenvalue weighted by molar-refractivity contribution is 5.76. The van der Waals surface area contributed by atoms with Crippen LogP contribution in [0.5, 0.6) is 5.75 Å². The summed E-state index contributed by atoms with van der Waals surface area (Å²) in [5.41, 5.74) is 2.11. The number of carbonyl (C=O) groups is 1. The molecule has 0 radical (unpaired) electrons. The molecule has 1 heterocycles. The van der Waals surface area contributed by atoms with Gasteiger partial charge in [0.05, 0.1) is 12.5 Å². The average molecular weight is 290 g/mol. The third-order valence-electron chi connectivity index (χ3n) is 4.51. The molecule has 1 aromatic rings. The number of carboxylic acids is 1. The van der Waals surface area contributed by atoms with Gasteiger partial charge >= 0.3 is 5.97 Å². The van der Waals surface area contributed by atoms with Gasteiger partial charge in [-0.05, 0) is 29.9 Å². The van der Waals surface area contributed by atoms with Crippen molar-refractivity contribution in [2.45, 2.75) is 64.2 Å². The molecule has 0 aliphatic carbocycles. The van der Waals surface area contributed by atoms with Crippen LogP contribution in [0.15, 0.2) is 18.2 Å². The molecule has 0 fully saturated rings.